The second-order valence-corrected chi connectivity index (χ2v) is 9.33. The molecule has 0 aliphatic carbocycles. The van der Waals surface area contributed by atoms with Crippen molar-refractivity contribution < 1.29 is 17.9 Å². The van der Waals surface area contributed by atoms with Crippen LogP contribution in [0.15, 0.2) is 0 Å². The van der Waals surface area contributed by atoms with E-state index in [1.165, 1.54) is 0 Å². The van der Waals surface area contributed by atoms with Gasteiger partial charge in [0.2, 0.25) is 15.9 Å². The number of nitrogens with zero attached hydrogens (tertiary/aromatic N) is 2. The van der Waals surface area contributed by atoms with Crippen LogP contribution in [0.2, 0.25) is 0 Å². The molecule has 0 aromatic heterocycles. The van der Waals surface area contributed by atoms with E-state index in [1.54, 1.807) is 4.31 Å². The predicted octanol–water partition coefficient (Wildman–Crippen LogP) is 2.25. The van der Waals surface area contributed by atoms with Gasteiger partial charge < -0.3 is 9.64 Å². The number of piperidine rings is 2. The molecule has 0 bridgehead atoms. The Hall–Kier alpha value is -0.660. The molecule has 0 spiro atoms. The van der Waals surface area contributed by atoms with Gasteiger partial charge in [0.25, 0.3) is 0 Å². The Bertz CT molecular complexity index is 503. The molecular formula is C18H34N2O4S. The Morgan fingerprint density at radius 3 is 2.56 bits per heavy atom. The fourth-order valence-corrected chi connectivity index (χ4v) is 5.34. The third-order valence-electron chi connectivity index (χ3n) is 5.18. The molecule has 2 aliphatic heterocycles. The van der Waals surface area contributed by atoms with E-state index in [0.29, 0.717) is 38.3 Å². The summed E-state index contributed by atoms with van der Waals surface area (Å²) in [6.45, 7) is 6.37. The number of hydrogen-bond donors (Lipinski definition) is 0. The number of hydrogen-bond acceptors (Lipinski definition) is 4. The number of amides is 1. The van der Waals surface area contributed by atoms with Gasteiger partial charge in [0.15, 0.2) is 0 Å². The van der Waals surface area contributed by atoms with Crippen molar-refractivity contribution in [3.63, 3.8) is 0 Å². The summed E-state index contributed by atoms with van der Waals surface area (Å²) in [4.78, 5) is 14.3. The van der Waals surface area contributed by atoms with Crippen LogP contribution < -0.4 is 0 Å². The molecule has 2 saturated heterocycles. The van der Waals surface area contributed by atoms with Crippen molar-refractivity contribution in [1.29, 1.82) is 0 Å². The van der Waals surface area contributed by atoms with Crippen molar-refractivity contribution in [3.05, 3.63) is 0 Å². The van der Waals surface area contributed by atoms with E-state index in [0.717, 1.165) is 58.4 Å². The van der Waals surface area contributed by atoms with Crippen molar-refractivity contribution in [2.24, 2.45) is 5.92 Å². The summed E-state index contributed by atoms with van der Waals surface area (Å²) in [6.07, 6.45) is 6.90. The second kappa shape index (κ2) is 10.5. The van der Waals surface area contributed by atoms with Crippen LogP contribution in [0, 0.1) is 5.92 Å². The summed E-state index contributed by atoms with van der Waals surface area (Å²) < 4.78 is 31.7. The van der Waals surface area contributed by atoms with E-state index >= 15 is 0 Å². The molecule has 1 amide bonds. The normalized spacial score (nSPS) is 22.9. The maximum Gasteiger partial charge on any atom is 0.222 e. The average Bonchev–Trinajstić information content (AvgIpc) is 2.64. The van der Waals surface area contributed by atoms with Gasteiger partial charge in [-0.1, -0.05) is 6.42 Å². The Morgan fingerprint density at radius 2 is 1.84 bits per heavy atom. The van der Waals surface area contributed by atoms with Gasteiger partial charge in [-0.3, -0.25) is 4.79 Å². The number of rotatable bonds is 9. The van der Waals surface area contributed by atoms with Crippen LogP contribution in [-0.4, -0.2) is 68.7 Å². The monoisotopic (exact) mass is 374 g/mol. The van der Waals surface area contributed by atoms with Crippen molar-refractivity contribution in [2.45, 2.75) is 58.3 Å². The molecule has 2 fully saturated rings. The summed E-state index contributed by atoms with van der Waals surface area (Å²) in [5.41, 5.74) is 0. The van der Waals surface area contributed by atoms with Crippen LogP contribution in [-0.2, 0) is 19.6 Å². The molecule has 0 aromatic carbocycles. The standard InChI is InChI=1S/C18H34N2O4S/c1-2-24-16-17-9-8-11-19(15-17)18(21)10-4-7-14-25(22,23)20-12-5-3-6-13-20/h17H,2-16H2,1H3. The maximum atomic E-state index is 12.4. The molecule has 6 nitrogen and oxygen atoms in total. The Kier molecular flexibility index (Phi) is 8.66. The van der Waals surface area contributed by atoms with Crippen LogP contribution in [0.1, 0.15) is 58.3 Å². The number of likely N-dealkylation sites (tertiary alicyclic amines) is 1. The summed E-state index contributed by atoms with van der Waals surface area (Å²) in [5.74, 6) is 0.779. The van der Waals surface area contributed by atoms with E-state index in [1.807, 2.05) is 11.8 Å². The molecule has 2 heterocycles. The molecule has 146 valence electrons. The van der Waals surface area contributed by atoms with Gasteiger partial charge in [0.1, 0.15) is 0 Å². The topological polar surface area (TPSA) is 66.9 Å². The molecule has 1 unspecified atom stereocenters. The summed E-state index contributed by atoms with van der Waals surface area (Å²) in [7, 11) is -3.13. The van der Waals surface area contributed by atoms with Crippen molar-refractivity contribution in [3.8, 4) is 0 Å². The largest absolute Gasteiger partial charge is 0.381 e. The minimum Gasteiger partial charge on any atom is -0.381 e. The van der Waals surface area contributed by atoms with Gasteiger partial charge in [-0.25, -0.2) is 12.7 Å². The lowest BCUT2D eigenvalue weighted by molar-refractivity contribution is -0.133. The van der Waals surface area contributed by atoms with Gasteiger partial charge in [-0.15, -0.1) is 0 Å². The van der Waals surface area contributed by atoms with Crippen molar-refractivity contribution in [2.75, 3.05) is 45.1 Å². The zero-order valence-electron chi connectivity index (χ0n) is 15.6. The second-order valence-electron chi connectivity index (χ2n) is 7.24. The van der Waals surface area contributed by atoms with Gasteiger partial charge in [-0.05, 0) is 51.4 Å². The van der Waals surface area contributed by atoms with Gasteiger partial charge >= 0.3 is 0 Å². The smallest absolute Gasteiger partial charge is 0.222 e. The Labute approximate surface area is 152 Å². The van der Waals surface area contributed by atoms with E-state index < -0.39 is 10.0 Å². The molecule has 2 rings (SSSR count). The first-order valence-corrected chi connectivity index (χ1v) is 11.5. The summed E-state index contributed by atoms with van der Waals surface area (Å²) in [6, 6.07) is 0. The lowest BCUT2D eigenvalue weighted by Gasteiger charge is -2.32. The molecule has 1 atom stereocenters. The molecule has 0 saturated carbocycles. The van der Waals surface area contributed by atoms with Crippen LogP contribution in [0.4, 0.5) is 0 Å². The zero-order valence-corrected chi connectivity index (χ0v) is 16.4. The molecular weight excluding hydrogens is 340 g/mol. The van der Waals surface area contributed by atoms with E-state index in [9.17, 15) is 13.2 Å². The minimum absolute atomic E-state index is 0.163. The first-order valence-electron chi connectivity index (χ1n) is 9.86. The van der Waals surface area contributed by atoms with Crippen molar-refractivity contribution >= 4 is 15.9 Å². The fraction of sp³-hybridized carbons (Fsp3) is 0.944. The number of carbonyl (C=O) groups excluding carboxylic acids is 1. The first-order chi connectivity index (χ1) is 12.0. The lowest BCUT2D eigenvalue weighted by atomic mass is 9.98. The van der Waals surface area contributed by atoms with E-state index in [-0.39, 0.29) is 11.7 Å². The van der Waals surface area contributed by atoms with Gasteiger partial charge in [0, 0.05) is 39.2 Å². The highest BCUT2D eigenvalue weighted by atomic mass is 32.2. The molecule has 0 aromatic rings. The SMILES string of the molecule is CCOCC1CCCN(C(=O)CCCCS(=O)(=O)N2CCCCC2)C1. The number of sulfonamides is 1. The first kappa shape index (κ1) is 20.6. The van der Waals surface area contributed by atoms with Crippen LogP contribution in [0.3, 0.4) is 0 Å². The zero-order chi connectivity index (χ0) is 18.1. The van der Waals surface area contributed by atoms with E-state index in [4.69, 9.17) is 4.74 Å². The Balaban J connectivity index is 1.66. The summed E-state index contributed by atoms with van der Waals surface area (Å²) in [5, 5.41) is 0. The fourth-order valence-electron chi connectivity index (χ4n) is 3.70. The van der Waals surface area contributed by atoms with Crippen LogP contribution >= 0.6 is 0 Å². The van der Waals surface area contributed by atoms with Crippen LogP contribution in [0.25, 0.3) is 0 Å². The van der Waals surface area contributed by atoms with Gasteiger partial charge in [-0.2, -0.15) is 0 Å². The minimum atomic E-state index is -3.13. The van der Waals surface area contributed by atoms with Gasteiger partial charge in [0.05, 0.1) is 12.4 Å². The predicted molar refractivity (Wildman–Crippen MR) is 98.9 cm³/mol. The summed E-state index contributed by atoms with van der Waals surface area (Å²) >= 11 is 0. The highest BCUT2D eigenvalue weighted by Crippen LogP contribution is 2.19. The molecule has 25 heavy (non-hydrogen) atoms. The molecule has 0 N–H and O–H groups in total. The highest BCUT2D eigenvalue weighted by molar-refractivity contribution is 7.89. The third-order valence-corrected chi connectivity index (χ3v) is 7.14. The van der Waals surface area contributed by atoms with E-state index in [2.05, 4.69) is 0 Å². The number of unbranched alkanes of at least 4 members (excludes halogenated alkanes) is 1. The van der Waals surface area contributed by atoms with Crippen LogP contribution in [0.5, 0.6) is 0 Å². The molecule has 2 aliphatic rings. The highest BCUT2D eigenvalue weighted by Gasteiger charge is 2.25. The average molecular weight is 375 g/mol. The lowest BCUT2D eigenvalue weighted by Crippen LogP contribution is -2.41. The number of ether oxygens (including phenoxy) is 1. The molecule has 0 radical (unpaired) electrons. The molecule has 7 heteroatoms. The number of carbonyl (C=O) groups is 1. The third kappa shape index (κ3) is 6.87. The Morgan fingerprint density at radius 1 is 1.08 bits per heavy atom. The maximum absolute atomic E-state index is 12.4. The quantitative estimate of drug-likeness (QED) is 0.581. The van der Waals surface area contributed by atoms with Crippen molar-refractivity contribution in [1.82, 2.24) is 9.21 Å².